The Balaban J connectivity index is 1.84. The smallest absolute Gasteiger partial charge is 0.317 e. The molecule has 3 rings (SSSR count). The molecule has 178 valence electrons. The lowest BCUT2D eigenvalue weighted by atomic mass is 9.84. The van der Waals surface area contributed by atoms with Crippen LogP contribution >= 0.6 is 0 Å². The third-order valence-corrected chi connectivity index (χ3v) is 5.74. The number of likely N-dealkylation sites (tertiary alicyclic amines) is 1. The van der Waals surface area contributed by atoms with Gasteiger partial charge in [-0.05, 0) is 50.1 Å². The minimum atomic E-state index is -0.374. The zero-order chi connectivity index (χ0) is 24.0. The quantitative estimate of drug-likeness (QED) is 0.662. The predicted molar refractivity (Wildman–Crippen MR) is 127 cm³/mol. The van der Waals surface area contributed by atoms with E-state index in [0.29, 0.717) is 42.4 Å². The van der Waals surface area contributed by atoms with Crippen molar-refractivity contribution in [3.8, 4) is 17.2 Å². The Labute approximate surface area is 195 Å². The van der Waals surface area contributed by atoms with Gasteiger partial charge in [0.05, 0.1) is 27.2 Å². The standard InChI is InChI=1S/C25H33N3O5/c1-16(2)26-25(30)28-14-18(17-9-10-22(32-4)23(12-17)33-5)11-19(15-28)24(29)27-20-7-6-8-21(13-20)31-3/h6-10,12-13,16,18-19H,11,14-15H2,1-5H3,(H,26,30)(H,27,29). The van der Waals surface area contributed by atoms with Gasteiger partial charge in [0.25, 0.3) is 0 Å². The fraction of sp³-hybridized carbons (Fsp3) is 0.440. The molecule has 1 heterocycles. The minimum absolute atomic E-state index is 0.00279. The summed E-state index contributed by atoms with van der Waals surface area (Å²) in [5.41, 5.74) is 1.65. The normalized spacial score (nSPS) is 17.9. The number of hydrogen-bond donors (Lipinski definition) is 2. The maximum Gasteiger partial charge on any atom is 0.317 e. The Hall–Kier alpha value is -3.42. The lowest BCUT2D eigenvalue weighted by Crippen LogP contribution is -2.51. The average Bonchev–Trinajstić information content (AvgIpc) is 2.82. The summed E-state index contributed by atoms with van der Waals surface area (Å²) >= 11 is 0. The number of methoxy groups -OCH3 is 3. The number of urea groups is 1. The molecule has 0 bridgehead atoms. The molecule has 33 heavy (non-hydrogen) atoms. The van der Waals surface area contributed by atoms with Crippen LogP contribution in [0, 0.1) is 5.92 Å². The van der Waals surface area contributed by atoms with Crippen molar-refractivity contribution in [3.05, 3.63) is 48.0 Å². The highest BCUT2D eigenvalue weighted by atomic mass is 16.5. The molecule has 0 aliphatic carbocycles. The highest BCUT2D eigenvalue weighted by Crippen LogP contribution is 2.36. The Kier molecular flexibility index (Phi) is 8.03. The molecule has 0 spiro atoms. The molecule has 2 aromatic rings. The molecule has 0 aromatic heterocycles. The lowest BCUT2D eigenvalue weighted by molar-refractivity contribution is -0.121. The summed E-state index contributed by atoms with van der Waals surface area (Å²) in [6.45, 7) is 4.69. The maximum atomic E-state index is 13.2. The highest BCUT2D eigenvalue weighted by molar-refractivity contribution is 5.93. The number of benzene rings is 2. The minimum Gasteiger partial charge on any atom is -0.497 e. The number of amides is 3. The Morgan fingerprint density at radius 2 is 1.73 bits per heavy atom. The van der Waals surface area contributed by atoms with E-state index in [4.69, 9.17) is 14.2 Å². The number of piperidine rings is 1. The third kappa shape index (κ3) is 6.09. The van der Waals surface area contributed by atoms with Gasteiger partial charge in [0.1, 0.15) is 5.75 Å². The van der Waals surface area contributed by atoms with E-state index in [0.717, 1.165) is 5.56 Å². The molecule has 2 N–H and O–H groups in total. The number of nitrogens with one attached hydrogen (secondary N) is 2. The van der Waals surface area contributed by atoms with Gasteiger partial charge in [-0.15, -0.1) is 0 Å². The third-order valence-electron chi connectivity index (χ3n) is 5.74. The summed E-state index contributed by atoms with van der Waals surface area (Å²) in [6, 6.07) is 12.8. The van der Waals surface area contributed by atoms with Crippen LogP contribution in [0.25, 0.3) is 0 Å². The van der Waals surface area contributed by atoms with Crippen molar-refractivity contribution in [2.75, 3.05) is 39.7 Å². The van der Waals surface area contributed by atoms with E-state index in [1.807, 2.05) is 50.2 Å². The first kappa shape index (κ1) is 24.2. The van der Waals surface area contributed by atoms with Gasteiger partial charge in [-0.25, -0.2) is 4.79 Å². The van der Waals surface area contributed by atoms with Gasteiger partial charge >= 0.3 is 6.03 Å². The molecule has 2 unspecified atom stereocenters. The first-order valence-corrected chi connectivity index (χ1v) is 11.1. The molecular formula is C25H33N3O5. The average molecular weight is 456 g/mol. The molecule has 1 saturated heterocycles. The van der Waals surface area contributed by atoms with E-state index in [1.54, 1.807) is 32.3 Å². The van der Waals surface area contributed by atoms with Crippen LogP contribution in [0.15, 0.2) is 42.5 Å². The van der Waals surface area contributed by atoms with E-state index in [2.05, 4.69) is 10.6 Å². The van der Waals surface area contributed by atoms with Crippen LogP contribution in [0.5, 0.6) is 17.2 Å². The van der Waals surface area contributed by atoms with Crippen molar-refractivity contribution in [2.24, 2.45) is 5.92 Å². The number of carbonyl (C=O) groups is 2. The summed E-state index contributed by atoms with van der Waals surface area (Å²) in [7, 11) is 4.77. The van der Waals surface area contributed by atoms with Gasteiger partial charge in [-0.1, -0.05) is 12.1 Å². The van der Waals surface area contributed by atoms with Gasteiger partial charge in [-0.3, -0.25) is 4.79 Å². The van der Waals surface area contributed by atoms with Gasteiger partial charge in [0, 0.05) is 36.8 Å². The second-order valence-electron chi connectivity index (χ2n) is 8.47. The summed E-state index contributed by atoms with van der Waals surface area (Å²) in [6.07, 6.45) is 0.608. The molecular weight excluding hydrogens is 422 g/mol. The van der Waals surface area contributed by atoms with Crippen LogP contribution in [0.2, 0.25) is 0 Å². The zero-order valence-corrected chi connectivity index (χ0v) is 19.9. The summed E-state index contributed by atoms with van der Waals surface area (Å²) in [5, 5.41) is 5.92. The molecule has 3 amide bonds. The number of ether oxygens (including phenoxy) is 3. The number of hydrogen-bond acceptors (Lipinski definition) is 5. The topological polar surface area (TPSA) is 89.1 Å². The highest BCUT2D eigenvalue weighted by Gasteiger charge is 2.35. The van der Waals surface area contributed by atoms with Gasteiger partial charge < -0.3 is 29.7 Å². The molecule has 8 heteroatoms. The molecule has 8 nitrogen and oxygen atoms in total. The molecule has 0 saturated carbocycles. The van der Waals surface area contributed by atoms with E-state index < -0.39 is 0 Å². The monoisotopic (exact) mass is 455 g/mol. The predicted octanol–water partition coefficient (Wildman–Crippen LogP) is 3.87. The van der Waals surface area contributed by atoms with E-state index >= 15 is 0 Å². The second-order valence-corrected chi connectivity index (χ2v) is 8.47. The number of rotatable bonds is 7. The van der Waals surface area contributed by atoms with Crippen LogP contribution in [-0.4, -0.2) is 57.3 Å². The number of anilines is 1. The maximum absolute atomic E-state index is 13.2. The SMILES string of the molecule is COc1cccc(NC(=O)C2CC(c3ccc(OC)c(OC)c3)CN(C(=O)NC(C)C)C2)c1. The fourth-order valence-corrected chi connectivity index (χ4v) is 4.09. The molecule has 1 aliphatic heterocycles. The van der Waals surface area contributed by atoms with Crippen molar-refractivity contribution in [1.29, 1.82) is 0 Å². The Morgan fingerprint density at radius 3 is 2.39 bits per heavy atom. The van der Waals surface area contributed by atoms with Crippen molar-refractivity contribution in [2.45, 2.75) is 32.2 Å². The van der Waals surface area contributed by atoms with Crippen molar-refractivity contribution in [3.63, 3.8) is 0 Å². The second kappa shape index (κ2) is 10.9. The van der Waals surface area contributed by atoms with Gasteiger partial charge in [-0.2, -0.15) is 0 Å². The largest absolute Gasteiger partial charge is 0.497 e. The summed E-state index contributed by atoms with van der Waals surface area (Å²) in [5.74, 6) is 1.39. The van der Waals surface area contributed by atoms with E-state index in [1.165, 1.54) is 0 Å². The van der Waals surface area contributed by atoms with Crippen molar-refractivity contribution in [1.82, 2.24) is 10.2 Å². The van der Waals surface area contributed by atoms with E-state index in [-0.39, 0.29) is 29.8 Å². The van der Waals surface area contributed by atoms with Crippen LogP contribution in [0.3, 0.4) is 0 Å². The fourth-order valence-electron chi connectivity index (χ4n) is 4.09. The molecule has 2 aromatic carbocycles. The number of nitrogens with zero attached hydrogens (tertiary/aromatic N) is 1. The lowest BCUT2D eigenvalue weighted by Gasteiger charge is -2.38. The molecule has 0 radical (unpaired) electrons. The van der Waals surface area contributed by atoms with Gasteiger partial charge in [0.15, 0.2) is 11.5 Å². The zero-order valence-electron chi connectivity index (χ0n) is 19.9. The van der Waals surface area contributed by atoms with Crippen molar-refractivity contribution < 1.29 is 23.8 Å². The van der Waals surface area contributed by atoms with Gasteiger partial charge in [0.2, 0.25) is 5.91 Å². The molecule has 2 atom stereocenters. The first-order valence-electron chi connectivity index (χ1n) is 11.1. The Morgan fingerprint density at radius 1 is 0.970 bits per heavy atom. The van der Waals surface area contributed by atoms with Crippen molar-refractivity contribution >= 4 is 17.6 Å². The summed E-state index contributed by atoms with van der Waals surface area (Å²) < 4.78 is 16.1. The Bertz CT molecular complexity index is 978. The number of carbonyl (C=O) groups excluding carboxylic acids is 2. The molecule has 1 aliphatic rings. The van der Waals surface area contributed by atoms with Crippen LogP contribution in [-0.2, 0) is 4.79 Å². The van der Waals surface area contributed by atoms with E-state index in [9.17, 15) is 9.59 Å². The van der Waals surface area contributed by atoms with Crippen LogP contribution in [0.4, 0.5) is 10.5 Å². The first-order chi connectivity index (χ1) is 15.8. The molecule has 1 fully saturated rings. The van der Waals surface area contributed by atoms with Crippen LogP contribution < -0.4 is 24.8 Å². The van der Waals surface area contributed by atoms with Crippen LogP contribution in [0.1, 0.15) is 31.7 Å². The summed E-state index contributed by atoms with van der Waals surface area (Å²) in [4.78, 5) is 27.8.